The number of hydrogen-bond donors (Lipinski definition) is 1. The number of hydrogen-bond acceptors (Lipinski definition) is 3. The number of aryl methyl sites for hydroxylation is 1. The van der Waals surface area contributed by atoms with Crippen LogP contribution >= 0.6 is 0 Å². The highest BCUT2D eigenvalue weighted by Crippen LogP contribution is 2.35. The second kappa shape index (κ2) is 9.05. The van der Waals surface area contributed by atoms with Gasteiger partial charge in [0.25, 0.3) is 0 Å². The summed E-state index contributed by atoms with van der Waals surface area (Å²) < 4.78 is 6.30. The Morgan fingerprint density at radius 2 is 1.64 bits per heavy atom. The molecule has 3 aromatic carbocycles. The second-order valence-electron chi connectivity index (χ2n) is 7.41. The Bertz CT molecular complexity index is 888. The van der Waals surface area contributed by atoms with Gasteiger partial charge in [0.15, 0.2) is 0 Å². The summed E-state index contributed by atoms with van der Waals surface area (Å²) >= 11 is 0. The molecule has 3 aromatic rings. The van der Waals surface area contributed by atoms with Crippen molar-refractivity contribution in [3.63, 3.8) is 0 Å². The largest absolute Gasteiger partial charge is 0.489 e. The highest BCUT2D eigenvalue weighted by atomic mass is 16.5. The van der Waals surface area contributed by atoms with Crippen LogP contribution in [0.5, 0.6) is 5.75 Å². The molecule has 0 amide bonds. The summed E-state index contributed by atoms with van der Waals surface area (Å²) in [4.78, 5) is 2.57. The van der Waals surface area contributed by atoms with Gasteiger partial charge in [0.05, 0.1) is 6.04 Å². The molecular weight excluding hydrogens is 344 g/mol. The predicted octanol–water partition coefficient (Wildman–Crippen LogP) is 4.57. The summed E-state index contributed by atoms with van der Waals surface area (Å²) in [6, 6.07) is 27.9. The van der Waals surface area contributed by atoms with Crippen molar-refractivity contribution in [2.45, 2.75) is 19.6 Å². The van der Waals surface area contributed by atoms with E-state index >= 15 is 0 Å². The summed E-state index contributed by atoms with van der Waals surface area (Å²) in [7, 11) is 0. The third kappa shape index (κ3) is 4.44. The Hall–Kier alpha value is -2.62. The molecule has 3 nitrogen and oxygen atoms in total. The maximum absolute atomic E-state index is 6.30. The molecule has 1 aliphatic rings. The second-order valence-corrected chi connectivity index (χ2v) is 7.41. The zero-order chi connectivity index (χ0) is 19.2. The van der Waals surface area contributed by atoms with Crippen LogP contribution in [0.25, 0.3) is 0 Å². The average molecular weight is 373 g/mol. The van der Waals surface area contributed by atoms with Crippen LogP contribution in [0.2, 0.25) is 0 Å². The Balaban J connectivity index is 1.67. The van der Waals surface area contributed by atoms with Crippen molar-refractivity contribution in [2.75, 3.05) is 26.2 Å². The topological polar surface area (TPSA) is 24.5 Å². The summed E-state index contributed by atoms with van der Waals surface area (Å²) in [5, 5.41) is 3.47. The van der Waals surface area contributed by atoms with E-state index in [0.717, 1.165) is 31.9 Å². The van der Waals surface area contributed by atoms with Crippen LogP contribution in [0.3, 0.4) is 0 Å². The van der Waals surface area contributed by atoms with Gasteiger partial charge in [0.1, 0.15) is 12.4 Å². The van der Waals surface area contributed by atoms with Crippen molar-refractivity contribution >= 4 is 0 Å². The van der Waals surface area contributed by atoms with Gasteiger partial charge in [-0.1, -0.05) is 78.4 Å². The van der Waals surface area contributed by atoms with E-state index in [2.05, 4.69) is 89.9 Å². The normalized spacial score (nSPS) is 15.9. The first kappa shape index (κ1) is 18.7. The number of rotatable bonds is 6. The average Bonchev–Trinajstić information content (AvgIpc) is 2.75. The minimum Gasteiger partial charge on any atom is -0.489 e. The number of nitrogens with zero attached hydrogens (tertiary/aromatic N) is 1. The van der Waals surface area contributed by atoms with Crippen LogP contribution in [0.4, 0.5) is 0 Å². The third-order valence-corrected chi connectivity index (χ3v) is 5.33. The van der Waals surface area contributed by atoms with Gasteiger partial charge in [-0.15, -0.1) is 0 Å². The van der Waals surface area contributed by atoms with Crippen molar-refractivity contribution in [1.29, 1.82) is 0 Å². The van der Waals surface area contributed by atoms with Crippen LogP contribution in [0.15, 0.2) is 78.9 Å². The van der Waals surface area contributed by atoms with Crippen molar-refractivity contribution in [1.82, 2.24) is 10.2 Å². The van der Waals surface area contributed by atoms with Gasteiger partial charge in [-0.3, -0.25) is 4.90 Å². The van der Waals surface area contributed by atoms with Crippen LogP contribution in [-0.2, 0) is 6.61 Å². The molecule has 4 rings (SSSR count). The van der Waals surface area contributed by atoms with Crippen molar-refractivity contribution < 1.29 is 4.74 Å². The molecule has 1 heterocycles. The first-order valence-corrected chi connectivity index (χ1v) is 10.1. The lowest BCUT2D eigenvalue weighted by Gasteiger charge is -2.36. The lowest BCUT2D eigenvalue weighted by Crippen LogP contribution is -2.45. The number of para-hydroxylation sites is 1. The maximum Gasteiger partial charge on any atom is 0.124 e. The summed E-state index contributed by atoms with van der Waals surface area (Å²) in [6.45, 7) is 6.86. The molecule has 0 aromatic heterocycles. The fourth-order valence-electron chi connectivity index (χ4n) is 3.94. The number of nitrogens with one attached hydrogen (secondary N) is 1. The molecule has 144 valence electrons. The van der Waals surface area contributed by atoms with Crippen LogP contribution in [-0.4, -0.2) is 31.1 Å². The first-order chi connectivity index (χ1) is 13.8. The highest BCUT2D eigenvalue weighted by Gasteiger charge is 2.26. The fourth-order valence-corrected chi connectivity index (χ4v) is 3.94. The molecule has 1 atom stereocenters. The summed E-state index contributed by atoms with van der Waals surface area (Å²) in [5.41, 5.74) is 5.05. The van der Waals surface area contributed by atoms with Crippen molar-refractivity contribution in [3.8, 4) is 5.75 Å². The minimum absolute atomic E-state index is 0.203. The number of piperazine rings is 1. The van der Waals surface area contributed by atoms with Gasteiger partial charge in [-0.2, -0.15) is 0 Å². The molecular formula is C25H28N2O. The van der Waals surface area contributed by atoms with Crippen LogP contribution in [0, 0.1) is 6.92 Å². The van der Waals surface area contributed by atoms with Gasteiger partial charge >= 0.3 is 0 Å². The van der Waals surface area contributed by atoms with Crippen molar-refractivity contribution in [2.24, 2.45) is 0 Å². The monoisotopic (exact) mass is 372 g/mol. The van der Waals surface area contributed by atoms with Crippen LogP contribution in [0.1, 0.15) is 28.3 Å². The molecule has 1 saturated heterocycles. The standard InChI is InChI=1S/C25H28N2O/c1-20-8-7-11-22(18-20)25(27-16-14-26-15-17-27)23-12-5-6-13-24(23)28-19-21-9-3-2-4-10-21/h2-13,18,25-26H,14-17,19H2,1H3. The lowest BCUT2D eigenvalue weighted by molar-refractivity contribution is 0.193. The fraction of sp³-hybridized carbons (Fsp3) is 0.280. The van der Waals surface area contributed by atoms with Gasteiger partial charge in [-0.05, 0) is 24.1 Å². The summed E-state index contributed by atoms with van der Waals surface area (Å²) in [6.07, 6.45) is 0. The van der Waals surface area contributed by atoms with Gasteiger partial charge in [-0.25, -0.2) is 0 Å². The zero-order valence-electron chi connectivity index (χ0n) is 16.5. The van der Waals surface area contributed by atoms with E-state index in [-0.39, 0.29) is 6.04 Å². The molecule has 0 spiro atoms. The van der Waals surface area contributed by atoms with Gasteiger partial charge in [0, 0.05) is 31.7 Å². The molecule has 0 aliphatic carbocycles. The quantitative estimate of drug-likeness (QED) is 0.686. The molecule has 0 bridgehead atoms. The maximum atomic E-state index is 6.30. The summed E-state index contributed by atoms with van der Waals surface area (Å²) in [5.74, 6) is 0.969. The van der Waals surface area contributed by atoms with Crippen LogP contribution < -0.4 is 10.1 Å². The molecule has 1 aliphatic heterocycles. The SMILES string of the molecule is Cc1cccc(C(c2ccccc2OCc2ccccc2)N2CCNCC2)c1. The Morgan fingerprint density at radius 1 is 0.893 bits per heavy atom. The molecule has 1 unspecified atom stereocenters. The molecule has 1 fully saturated rings. The first-order valence-electron chi connectivity index (χ1n) is 10.1. The molecule has 28 heavy (non-hydrogen) atoms. The van der Waals surface area contributed by atoms with E-state index in [4.69, 9.17) is 4.74 Å². The molecule has 0 saturated carbocycles. The van der Waals surface area contributed by atoms with E-state index in [0.29, 0.717) is 6.61 Å². The van der Waals surface area contributed by atoms with E-state index in [1.165, 1.54) is 22.3 Å². The number of ether oxygens (including phenoxy) is 1. The van der Waals surface area contributed by atoms with E-state index in [1.807, 2.05) is 6.07 Å². The van der Waals surface area contributed by atoms with Crippen molar-refractivity contribution in [3.05, 3.63) is 101 Å². The number of benzene rings is 3. The Morgan fingerprint density at radius 3 is 2.43 bits per heavy atom. The van der Waals surface area contributed by atoms with E-state index in [1.54, 1.807) is 0 Å². The molecule has 0 radical (unpaired) electrons. The molecule has 1 N–H and O–H groups in total. The Labute approximate surface area is 168 Å². The van der Waals surface area contributed by atoms with Gasteiger partial charge < -0.3 is 10.1 Å². The third-order valence-electron chi connectivity index (χ3n) is 5.33. The van der Waals surface area contributed by atoms with E-state index < -0.39 is 0 Å². The van der Waals surface area contributed by atoms with E-state index in [9.17, 15) is 0 Å². The minimum atomic E-state index is 0.203. The zero-order valence-corrected chi connectivity index (χ0v) is 16.5. The molecule has 3 heteroatoms. The highest BCUT2D eigenvalue weighted by molar-refractivity contribution is 5.43. The lowest BCUT2D eigenvalue weighted by atomic mass is 9.94. The predicted molar refractivity (Wildman–Crippen MR) is 115 cm³/mol. The Kier molecular flexibility index (Phi) is 6.05. The smallest absolute Gasteiger partial charge is 0.124 e. The van der Waals surface area contributed by atoms with Gasteiger partial charge in [0.2, 0.25) is 0 Å².